The van der Waals surface area contributed by atoms with E-state index in [4.69, 9.17) is 10.2 Å². The minimum Gasteiger partial charge on any atom is -0.475 e. The molecule has 2 rings (SSSR count). The molecule has 0 saturated heterocycles. The van der Waals surface area contributed by atoms with Crippen LogP contribution in [0.1, 0.15) is 50.2 Å². The van der Waals surface area contributed by atoms with Crippen molar-refractivity contribution in [1.82, 2.24) is 13.6 Å². The van der Waals surface area contributed by atoms with Crippen LogP contribution in [-0.4, -0.2) is 40.3 Å². The number of nitrogens with zero attached hydrogens (tertiary/aromatic N) is 3. The molecule has 0 unspecified atom stereocenters. The standard InChI is InChI=1S/C14H23N3OS/c1-3-4-5-6-10-18-14-13(15-19-16-14)12-8-7-9-17(2)11-12/h8H,3-7,9-11H2,1-2H3/i9D2,11D2. The number of hydrogen-bond acceptors (Lipinski definition) is 5. The molecule has 0 atom stereocenters. The van der Waals surface area contributed by atoms with Crippen LogP contribution in [-0.2, 0) is 0 Å². The van der Waals surface area contributed by atoms with Gasteiger partial charge in [0.15, 0.2) is 0 Å². The molecule has 0 aromatic carbocycles. The lowest BCUT2D eigenvalue weighted by molar-refractivity contribution is 0.294. The van der Waals surface area contributed by atoms with Crippen molar-refractivity contribution >= 4 is 17.3 Å². The van der Waals surface area contributed by atoms with E-state index in [1.807, 2.05) is 0 Å². The first kappa shape index (κ1) is 9.88. The van der Waals surface area contributed by atoms with Gasteiger partial charge in [0, 0.05) is 18.5 Å². The van der Waals surface area contributed by atoms with Gasteiger partial charge in [0.2, 0.25) is 0 Å². The van der Waals surface area contributed by atoms with Crippen molar-refractivity contribution in [3.63, 3.8) is 0 Å². The van der Waals surface area contributed by atoms with Gasteiger partial charge in [-0.25, -0.2) is 0 Å². The lowest BCUT2D eigenvalue weighted by atomic mass is 10.1. The third-order valence-corrected chi connectivity index (χ3v) is 3.38. The quantitative estimate of drug-likeness (QED) is 0.721. The zero-order valence-electron chi connectivity index (χ0n) is 15.5. The summed E-state index contributed by atoms with van der Waals surface area (Å²) < 4.78 is 46.2. The molecule has 2 heterocycles. The first-order chi connectivity index (χ1) is 10.8. The molecule has 1 aromatic heterocycles. The number of likely N-dealkylation sites (N-methyl/N-ethyl adjacent to an activating group) is 1. The van der Waals surface area contributed by atoms with Crippen molar-refractivity contribution in [2.45, 2.75) is 39.0 Å². The van der Waals surface area contributed by atoms with E-state index < -0.39 is 13.0 Å². The molecule has 0 bridgehead atoms. The number of unbranched alkanes of at least 4 members (excludes halogenated alkanes) is 3. The maximum absolute atomic E-state index is 8.25. The van der Waals surface area contributed by atoms with Crippen molar-refractivity contribution in [3.8, 4) is 5.88 Å². The predicted molar refractivity (Wildman–Crippen MR) is 79.6 cm³/mol. The van der Waals surface area contributed by atoms with Crippen molar-refractivity contribution in [2.75, 3.05) is 26.6 Å². The van der Waals surface area contributed by atoms with Crippen LogP contribution in [0.2, 0.25) is 0 Å². The van der Waals surface area contributed by atoms with Gasteiger partial charge in [-0.1, -0.05) is 32.3 Å². The molecule has 19 heavy (non-hydrogen) atoms. The first-order valence-corrected chi connectivity index (χ1v) is 7.44. The predicted octanol–water partition coefficient (Wildman–Crippen LogP) is 3.22. The second-order valence-electron chi connectivity index (χ2n) is 4.48. The summed E-state index contributed by atoms with van der Waals surface area (Å²) >= 11 is 0.985. The molecule has 0 fully saturated rings. The molecule has 0 amide bonds. The van der Waals surface area contributed by atoms with Crippen molar-refractivity contribution in [3.05, 3.63) is 11.8 Å². The molecule has 0 spiro atoms. The van der Waals surface area contributed by atoms with Crippen molar-refractivity contribution < 1.29 is 10.2 Å². The fraction of sp³-hybridized carbons (Fsp3) is 0.714. The molecule has 1 aliphatic heterocycles. The first-order valence-electron chi connectivity index (χ1n) is 8.71. The summed E-state index contributed by atoms with van der Waals surface area (Å²) in [5.74, 6) is 0.345. The molecule has 0 radical (unpaired) electrons. The smallest absolute Gasteiger partial charge is 0.253 e. The number of aromatic nitrogens is 2. The van der Waals surface area contributed by atoms with Gasteiger partial charge in [-0.3, -0.25) is 0 Å². The van der Waals surface area contributed by atoms with Gasteiger partial charge >= 0.3 is 0 Å². The Kier molecular flexibility index (Phi) is 3.95. The number of ether oxygens (including phenoxy) is 1. The summed E-state index contributed by atoms with van der Waals surface area (Å²) in [7, 11) is 1.44. The van der Waals surface area contributed by atoms with Crippen LogP contribution in [0, 0.1) is 0 Å². The molecule has 0 aliphatic carbocycles. The zero-order valence-corrected chi connectivity index (χ0v) is 12.3. The van der Waals surface area contributed by atoms with Gasteiger partial charge in [-0.2, -0.15) is 4.37 Å². The lowest BCUT2D eigenvalue weighted by Crippen LogP contribution is -2.25. The molecule has 4 nitrogen and oxygen atoms in total. The molecule has 0 saturated carbocycles. The van der Waals surface area contributed by atoms with Crippen LogP contribution < -0.4 is 4.74 Å². The van der Waals surface area contributed by atoms with Gasteiger partial charge in [-0.15, -0.1) is 4.37 Å². The Hall–Kier alpha value is -0.940. The fourth-order valence-corrected chi connectivity index (χ4v) is 2.35. The summed E-state index contributed by atoms with van der Waals surface area (Å²) in [5, 5.41) is 0. The third-order valence-electron chi connectivity index (χ3n) is 2.87. The SMILES string of the molecule is [2H]C1([2H])CC=C(c2nsnc2OCCCCCC)C([2H])([2H])N1C. The zero-order chi connectivity index (χ0) is 17.1. The van der Waals surface area contributed by atoms with E-state index in [0.717, 1.165) is 35.9 Å². The van der Waals surface area contributed by atoms with Crippen LogP contribution in [0.4, 0.5) is 0 Å². The second kappa shape index (κ2) is 7.60. The molecule has 1 aliphatic rings. The minimum atomic E-state index is -1.96. The Bertz CT molecular complexity index is 562. The average Bonchev–Trinajstić information content (AvgIpc) is 2.93. The monoisotopic (exact) mass is 285 g/mol. The molecular weight excluding hydrogens is 258 g/mol. The highest BCUT2D eigenvalue weighted by molar-refractivity contribution is 6.99. The van der Waals surface area contributed by atoms with Gasteiger partial charge in [0.25, 0.3) is 5.88 Å². The van der Waals surface area contributed by atoms with Crippen molar-refractivity contribution in [2.24, 2.45) is 0 Å². The summed E-state index contributed by atoms with van der Waals surface area (Å²) in [6, 6.07) is 0. The van der Waals surface area contributed by atoms with E-state index in [1.165, 1.54) is 13.5 Å². The van der Waals surface area contributed by atoms with Crippen molar-refractivity contribution in [1.29, 1.82) is 0 Å². The summed E-state index contributed by atoms with van der Waals surface area (Å²) in [6.45, 7) is -1.00. The Labute approximate surface area is 125 Å². The van der Waals surface area contributed by atoms with E-state index in [-0.39, 0.29) is 6.42 Å². The molecule has 5 heteroatoms. The van der Waals surface area contributed by atoms with Crippen LogP contribution in [0.15, 0.2) is 6.08 Å². The molecule has 106 valence electrons. The Morgan fingerprint density at radius 2 is 2.32 bits per heavy atom. The maximum atomic E-state index is 8.25. The van der Waals surface area contributed by atoms with Crippen LogP contribution >= 0.6 is 11.7 Å². The Balaban J connectivity index is 2.13. The van der Waals surface area contributed by atoms with E-state index in [1.54, 1.807) is 6.08 Å². The van der Waals surface area contributed by atoms with Gasteiger partial charge in [0.1, 0.15) is 5.69 Å². The molecular formula is C14H23N3OS. The van der Waals surface area contributed by atoms with Gasteiger partial charge in [-0.05, 0) is 25.5 Å². The second-order valence-corrected chi connectivity index (χ2v) is 5.01. The van der Waals surface area contributed by atoms with E-state index >= 15 is 0 Å². The highest BCUT2D eigenvalue weighted by atomic mass is 32.1. The topological polar surface area (TPSA) is 38.3 Å². The number of rotatable bonds is 7. The largest absolute Gasteiger partial charge is 0.475 e. The Morgan fingerprint density at radius 3 is 3.16 bits per heavy atom. The highest BCUT2D eigenvalue weighted by Crippen LogP contribution is 2.27. The highest BCUT2D eigenvalue weighted by Gasteiger charge is 2.18. The van der Waals surface area contributed by atoms with E-state index in [0.29, 0.717) is 23.8 Å². The lowest BCUT2D eigenvalue weighted by Gasteiger charge is -2.22. The van der Waals surface area contributed by atoms with Gasteiger partial charge < -0.3 is 9.64 Å². The van der Waals surface area contributed by atoms with Crippen LogP contribution in [0.3, 0.4) is 0 Å². The number of hydrogen-bond donors (Lipinski definition) is 0. The Morgan fingerprint density at radius 1 is 1.42 bits per heavy atom. The normalized spacial score (nSPS) is 24.8. The summed E-state index contributed by atoms with van der Waals surface area (Å²) in [4.78, 5) is 1.10. The van der Waals surface area contributed by atoms with Crippen LogP contribution in [0.5, 0.6) is 5.88 Å². The molecule has 0 N–H and O–H groups in total. The van der Waals surface area contributed by atoms with Gasteiger partial charge in [0.05, 0.1) is 18.3 Å². The van der Waals surface area contributed by atoms with E-state index in [9.17, 15) is 0 Å². The minimum absolute atomic E-state index is 0.103. The summed E-state index contributed by atoms with van der Waals surface area (Å²) in [6.07, 6.45) is 6.02. The third kappa shape index (κ3) is 4.28. The molecule has 1 aromatic rings. The summed E-state index contributed by atoms with van der Waals surface area (Å²) in [5.41, 5.74) is 0.713. The van der Waals surface area contributed by atoms with E-state index in [2.05, 4.69) is 15.7 Å². The fourth-order valence-electron chi connectivity index (χ4n) is 1.84. The average molecular weight is 285 g/mol. The maximum Gasteiger partial charge on any atom is 0.253 e. The van der Waals surface area contributed by atoms with Crippen LogP contribution in [0.25, 0.3) is 5.57 Å².